The third kappa shape index (κ3) is 5.54. The van der Waals surface area contributed by atoms with E-state index in [1.54, 1.807) is 12.1 Å². The number of anilines is 3. The molecule has 1 fully saturated rings. The van der Waals surface area contributed by atoms with Crippen molar-refractivity contribution in [3.8, 4) is 11.4 Å². The molecule has 1 aliphatic heterocycles. The van der Waals surface area contributed by atoms with Crippen LogP contribution in [0, 0.1) is 12.8 Å². The van der Waals surface area contributed by atoms with Crippen LogP contribution in [0.15, 0.2) is 47.5 Å². The van der Waals surface area contributed by atoms with Gasteiger partial charge in [-0.05, 0) is 82.9 Å². The average molecular weight is 552 g/mol. The highest BCUT2D eigenvalue weighted by Gasteiger charge is 2.41. The van der Waals surface area contributed by atoms with Crippen molar-refractivity contribution >= 4 is 33.4 Å². The lowest BCUT2D eigenvalue weighted by molar-refractivity contribution is 0.0981. The summed E-state index contributed by atoms with van der Waals surface area (Å²) in [6.45, 7) is 14.9. The van der Waals surface area contributed by atoms with E-state index in [0.29, 0.717) is 29.7 Å². The Morgan fingerprint density at radius 1 is 1.08 bits per heavy atom. The summed E-state index contributed by atoms with van der Waals surface area (Å²) in [5.74, 6) is 0.898. The number of pyridine rings is 3. The van der Waals surface area contributed by atoms with E-state index in [0.717, 1.165) is 30.9 Å². The molecule has 1 atom stereocenters. The first-order valence-electron chi connectivity index (χ1n) is 13.2. The van der Waals surface area contributed by atoms with Crippen molar-refractivity contribution in [1.82, 2.24) is 19.7 Å². The summed E-state index contributed by atoms with van der Waals surface area (Å²) in [6.07, 6.45) is 0.917. The highest BCUT2D eigenvalue weighted by Crippen LogP contribution is 2.39. The molecule has 39 heavy (non-hydrogen) atoms. The fraction of sp³-hybridized carbons (Fsp3) is 0.429. The average Bonchev–Trinajstić information content (AvgIpc) is 3.16. The van der Waals surface area contributed by atoms with E-state index in [9.17, 15) is 13.2 Å². The molecule has 0 aromatic carbocycles. The minimum absolute atomic E-state index is 0.0412. The third-order valence-corrected chi connectivity index (χ3v) is 8.94. The lowest BCUT2D eigenvalue weighted by atomic mass is 9.90. The smallest absolute Gasteiger partial charge is 0.281 e. The SMILES string of the molecule is CCN(CC)c1nc(-c2ccc(C(=O)NS(=O)(=O)c3cccc(N)n3)c(N3CCC(C)C3(C)C)n2)ccc1C. The van der Waals surface area contributed by atoms with Gasteiger partial charge in [0, 0.05) is 25.2 Å². The van der Waals surface area contributed by atoms with Crippen LogP contribution in [0.25, 0.3) is 11.4 Å². The van der Waals surface area contributed by atoms with Gasteiger partial charge < -0.3 is 15.5 Å². The molecule has 1 saturated heterocycles. The fourth-order valence-electron chi connectivity index (χ4n) is 4.90. The van der Waals surface area contributed by atoms with Crippen LogP contribution < -0.4 is 20.3 Å². The van der Waals surface area contributed by atoms with E-state index in [-0.39, 0.29) is 21.9 Å². The summed E-state index contributed by atoms with van der Waals surface area (Å²) < 4.78 is 28.1. The molecule has 0 bridgehead atoms. The topological polar surface area (TPSA) is 134 Å². The molecule has 0 aliphatic carbocycles. The highest BCUT2D eigenvalue weighted by molar-refractivity contribution is 7.90. The van der Waals surface area contributed by atoms with Gasteiger partial charge in [-0.25, -0.2) is 19.7 Å². The lowest BCUT2D eigenvalue weighted by Crippen LogP contribution is -2.43. The third-order valence-electron chi connectivity index (χ3n) is 7.71. The first-order chi connectivity index (χ1) is 18.4. The minimum atomic E-state index is -4.25. The second kappa shape index (κ2) is 10.8. The molecule has 3 aromatic rings. The van der Waals surface area contributed by atoms with Gasteiger partial charge in [-0.1, -0.05) is 19.1 Å². The number of nitrogens with one attached hydrogen (secondary N) is 1. The Hall–Kier alpha value is -3.73. The summed E-state index contributed by atoms with van der Waals surface area (Å²) in [7, 11) is -4.25. The Bertz CT molecular complexity index is 1490. The van der Waals surface area contributed by atoms with E-state index in [1.165, 1.54) is 18.2 Å². The van der Waals surface area contributed by atoms with Gasteiger partial charge in [0.25, 0.3) is 15.9 Å². The van der Waals surface area contributed by atoms with Gasteiger partial charge in [-0.3, -0.25) is 4.79 Å². The number of aryl methyl sites for hydroxylation is 1. The van der Waals surface area contributed by atoms with Crippen LogP contribution in [0.1, 0.15) is 57.0 Å². The largest absolute Gasteiger partial charge is 0.384 e. The number of hydrogen-bond donors (Lipinski definition) is 2. The molecule has 4 heterocycles. The van der Waals surface area contributed by atoms with Crippen molar-refractivity contribution in [3.63, 3.8) is 0 Å². The molecule has 3 aromatic heterocycles. The molecular formula is C28H37N7O3S. The quantitative estimate of drug-likeness (QED) is 0.426. The number of sulfonamides is 1. The zero-order valence-corrected chi connectivity index (χ0v) is 24.2. The van der Waals surface area contributed by atoms with E-state index >= 15 is 0 Å². The van der Waals surface area contributed by atoms with Crippen LogP contribution in [0.3, 0.4) is 0 Å². The van der Waals surface area contributed by atoms with Crippen molar-refractivity contribution in [2.45, 2.75) is 58.5 Å². The monoisotopic (exact) mass is 551 g/mol. The molecular weight excluding hydrogens is 514 g/mol. The number of carbonyl (C=O) groups excluding carboxylic acids is 1. The zero-order chi connectivity index (χ0) is 28.5. The Morgan fingerprint density at radius 3 is 2.36 bits per heavy atom. The van der Waals surface area contributed by atoms with Crippen LogP contribution in [-0.2, 0) is 10.0 Å². The van der Waals surface area contributed by atoms with Crippen LogP contribution in [0.4, 0.5) is 17.5 Å². The fourth-order valence-corrected chi connectivity index (χ4v) is 5.84. The number of amides is 1. The highest BCUT2D eigenvalue weighted by atomic mass is 32.2. The molecule has 1 aliphatic rings. The van der Waals surface area contributed by atoms with Gasteiger partial charge in [-0.2, -0.15) is 8.42 Å². The molecule has 0 spiro atoms. The van der Waals surface area contributed by atoms with Gasteiger partial charge >= 0.3 is 0 Å². The summed E-state index contributed by atoms with van der Waals surface area (Å²) in [5, 5.41) is -0.329. The molecule has 0 saturated carbocycles. The van der Waals surface area contributed by atoms with E-state index in [2.05, 4.69) is 54.1 Å². The number of nitrogen functional groups attached to an aromatic ring is 1. The van der Waals surface area contributed by atoms with Gasteiger partial charge in [0.2, 0.25) is 0 Å². The summed E-state index contributed by atoms with van der Waals surface area (Å²) in [6, 6.07) is 11.5. The first-order valence-corrected chi connectivity index (χ1v) is 14.7. The number of hydrogen-bond acceptors (Lipinski definition) is 9. The zero-order valence-electron chi connectivity index (χ0n) is 23.4. The molecule has 11 heteroatoms. The van der Waals surface area contributed by atoms with Crippen LogP contribution in [0.2, 0.25) is 0 Å². The summed E-state index contributed by atoms with van der Waals surface area (Å²) in [5.41, 5.74) is 7.86. The normalized spacial score (nSPS) is 16.8. The first kappa shape index (κ1) is 28.3. The second-order valence-electron chi connectivity index (χ2n) is 10.4. The maximum atomic E-state index is 13.5. The molecule has 10 nitrogen and oxygen atoms in total. The number of aromatic nitrogens is 3. The van der Waals surface area contributed by atoms with Crippen LogP contribution in [-0.4, -0.2) is 54.5 Å². The van der Waals surface area contributed by atoms with Crippen molar-refractivity contribution < 1.29 is 13.2 Å². The number of nitrogens with zero attached hydrogens (tertiary/aromatic N) is 5. The Morgan fingerprint density at radius 2 is 1.74 bits per heavy atom. The minimum Gasteiger partial charge on any atom is -0.384 e. The second-order valence-corrected chi connectivity index (χ2v) is 12.0. The van der Waals surface area contributed by atoms with E-state index in [4.69, 9.17) is 15.7 Å². The lowest BCUT2D eigenvalue weighted by Gasteiger charge is -2.36. The van der Waals surface area contributed by atoms with E-state index in [1.807, 2.05) is 19.1 Å². The number of nitrogens with two attached hydrogens (primary N) is 1. The Balaban J connectivity index is 1.80. The van der Waals surface area contributed by atoms with Crippen molar-refractivity contribution in [2.75, 3.05) is 35.2 Å². The van der Waals surface area contributed by atoms with Crippen LogP contribution >= 0.6 is 0 Å². The van der Waals surface area contributed by atoms with E-state index < -0.39 is 15.9 Å². The van der Waals surface area contributed by atoms with Crippen molar-refractivity contribution in [2.24, 2.45) is 5.92 Å². The maximum absolute atomic E-state index is 13.5. The Kier molecular flexibility index (Phi) is 7.83. The number of carbonyl (C=O) groups is 1. The Labute approximate surface area is 230 Å². The van der Waals surface area contributed by atoms with Crippen LogP contribution in [0.5, 0.6) is 0 Å². The maximum Gasteiger partial charge on any atom is 0.281 e. The molecule has 3 N–H and O–H groups in total. The van der Waals surface area contributed by atoms with Gasteiger partial charge in [0.15, 0.2) is 5.03 Å². The number of rotatable bonds is 8. The van der Waals surface area contributed by atoms with Gasteiger partial charge in [-0.15, -0.1) is 0 Å². The van der Waals surface area contributed by atoms with Gasteiger partial charge in [0.1, 0.15) is 17.5 Å². The molecule has 1 unspecified atom stereocenters. The van der Waals surface area contributed by atoms with Gasteiger partial charge in [0.05, 0.1) is 17.0 Å². The molecule has 208 valence electrons. The predicted octanol–water partition coefficient (Wildman–Crippen LogP) is 4.02. The molecule has 0 radical (unpaired) electrons. The molecule has 1 amide bonds. The summed E-state index contributed by atoms with van der Waals surface area (Å²) in [4.78, 5) is 31.4. The predicted molar refractivity (Wildman–Crippen MR) is 154 cm³/mol. The standard InChI is InChI=1S/C28H37N7O3S/c1-7-34(8-2)25-18(3)12-14-21(30-25)22-15-13-20(26(31-22)35-17-16-19(4)28(35,5)6)27(36)33-39(37,38)24-11-9-10-23(29)32-24/h9-15,19H,7-8,16-17H2,1-6H3,(H2,29,32)(H,33,36). The van der Waals surface area contributed by atoms with Crippen molar-refractivity contribution in [3.05, 3.63) is 53.6 Å². The summed E-state index contributed by atoms with van der Waals surface area (Å²) >= 11 is 0. The van der Waals surface area contributed by atoms with Crippen molar-refractivity contribution in [1.29, 1.82) is 0 Å². The molecule has 4 rings (SSSR count).